The number of nitrogens with one attached hydrogen (secondary N) is 1. The van der Waals surface area contributed by atoms with Gasteiger partial charge in [0, 0.05) is 0 Å². The summed E-state index contributed by atoms with van der Waals surface area (Å²) in [6.45, 7) is 1.85. The molecule has 3 amide bonds. The lowest BCUT2D eigenvalue weighted by Crippen LogP contribution is -2.29. The Morgan fingerprint density at radius 1 is 0.900 bits per heavy atom. The largest absolute Gasteiger partial charge is 0.484 e. The molecule has 0 radical (unpaired) electrons. The number of amides is 3. The van der Waals surface area contributed by atoms with Crippen molar-refractivity contribution in [1.29, 1.82) is 0 Å². The number of aryl methyl sites for hydroxylation is 1. The average Bonchev–Trinajstić information content (AvgIpc) is 3.04. The highest BCUT2D eigenvalue weighted by Gasteiger charge is 2.38. The predicted octanol–water partition coefficient (Wildman–Crippen LogP) is 4.07. The van der Waals surface area contributed by atoms with Crippen molar-refractivity contribution in [1.82, 2.24) is 0 Å². The fourth-order valence-corrected chi connectivity index (χ4v) is 3.36. The highest BCUT2D eigenvalue weighted by molar-refractivity contribution is 6.36. The summed E-state index contributed by atoms with van der Waals surface area (Å²) in [5.74, 6) is -0.707. The molecule has 3 aromatic rings. The van der Waals surface area contributed by atoms with Gasteiger partial charge in [0.2, 0.25) is 0 Å². The van der Waals surface area contributed by atoms with E-state index in [1.165, 1.54) is 5.56 Å². The molecule has 1 aliphatic rings. The number of benzene rings is 3. The highest BCUT2D eigenvalue weighted by atomic mass is 16.5. The number of para-hydroxylation sites is 1. The van der Waals surface area contributed by atoms with Crippen molar-refractivity contribution in [2.45, 2.75) is 13.3 Å². The van der Waals surface area contributed by atoms with E-state index in [0.29, 0.717) is 17.1 Å². The Labute approximate surface area is 174 Å². The third-order valence-corrected chi connectivity index (χ3v) is 4.90. The summed E-state index contributed by atoms with van der Waals surface area (Å²) in [5, 5.41) is 2.69. The number of carbonyl (C=O) groups excluding carboxylic acids is 3. The van der Waals surface area contributed by atoms with E-state index in [4.69, 9.17) is 4.74 Å². The number of nitrogens with zero attached hydrogens (tertiary/aromatic N) is 1. The van der Waals surface area contributed by atoms with Crippen LogP contribution in [0.2, 0.25) is 0 Å². The maximum atomic E-state index is 13.0. The zero-order chi connectivity index (χ0) is 21.1. The van der Waals surface area contributed by atoms with Crippen LogP contribution < -0.4 is 15.0 Å². The zero-order valence-electron chi connectivity index (χ0n) is 16.4. The SMILES string of the molecule is CCc1ccc(OCC(=O)Nc2cccc3c2C(=O)N(c2ccccc2)C3=O)cc1. The van der Waals surface area contributed by atoms with E-state index in [2.05, 4.69) is 12.2 Å². The van der Waals surface area contributed by atoms with Crippen molar-refractivity contribution in [2.75, 3.05) is 16.8 Å². The van der Waals surface area contributed by atoms with Crippen molar-refractivity contribution in [3.05, 3.63) is 89.5 Å². The summed E-state index contributed by atoms with van der Waals surface area (Å²) in [6, 6.07) is 21.0. The molecule has 6 heteroatoms. The maximum Gasteiger partial charge on any atom is 0.268 e. The number of hydrogen-bond acceptors (Lipinski definition) is 4. The van der Waals surface area contributed by atoms with Crippen LogP contribution in [0.4, 0.5) is 11.4 Å². The second-order valence-corrected chi connectivity index (χ2v) is 6.84. The monoisotopic (exact) mass is 400 g/mol. The van der Waals surface area contributed by atoms with Crippen LogP contribution in [-0.4, -0.2) is 24.3 Å². The fourth-order valence-electron chi connectivity index (χ4n) is 3.36. The van der Waals surface area contributed by atoms with Crippen molar-refractivity contribution >= 4 is 29.1 Å². The Bertz CT molecular complexity index is 1110. The average molecular weight is 400 g/mol. The molecule has 0 atom stereocenters. The fraction of sp³-hybridized carbons (Fsp3) is 0.125. The van der Waals surface area contributed by atoms with Gasteiger partial charge in [-0.2, -0.15) is 0 Å². The lowest BCUT2D eigenvalue weighted by molar-refractivity contribution is -0.118. The van der Waals surface area contributed by atoms with Crippen molar-refractivity contribution in [3.8, 4) is 5.75 Å². The van der Waals surface area contributed by atoms with Gasteiger partial charge in [0.15, 0.2) is 6.61 Å². The summed E-state index contributed by atoms with van der Waals surface area (Å²) >= 11 is 0. The molecule has 1 aliphatic heterocycles. The van der Waals surface area contributed by atoms with E-state index in [9.17, 15) is 14.4 Å². The third kappa shape index (κ3) is 3.67. The number of imide groups is 1. The van der Waals surface area contributed by atoms with Gasteiger partial charge in [-0.1, -0.05) is 43.3 Å². The number of hydrogen-bond donors (Lipinski definition) is 1. The minimum absolute atomic E-state index is 0.187. The van der Waals surface area contributed by atoms with E-state index in [-0.39, 0.29) is 17.7 Å². The Kier molecular flexibility index (Phi) is 5.30. The second-order valence-electron chi connectivity index (χ2n) is 6.84. The molecule has 1 N–H and O–H groups in total. The van der Waals surface area contributed by atoms with Gasteiger partial charge in [-0.25, -0.2) is 4.90 Å². The van der Waals surface area contributed by atoms with Crippen LogP contribution >= 0.6 is 0 Å². The van der Waals surface area contributed by atoms with Gasteiger partial charge in [-0.05, 0) is 48.4 Å². The molecule has 30 heavy (non-hydrogen) atoms. The Balaban J connectivity index is 1.50. The Morgan fingerprint density at radius 3 is 2.33 bits per heavy atom. The zero-order valence-corrected chi connectivity index (χ0v) is 16.4. The molecule has 150 valence electrons. The number of ether oxygens (including phenoxy) is 1. The highest BCUT2D eigenvalue weighted by Crippen LogP contribution is 2.32. The maximum absolute atomic E-state index is 13.0. The molecule has 6 nitrogen and oxygen atoms in total. The molecule has 0 bridgehead atoms. The minimum atomic E-state index is -0.465. The van der Waals surface area contributed by atoms with Crippen LogP contribution in [0.15, 0.2) is 72.8 Å². The molecular formula is C24H20N2O4. The smallest absolute Gasteiger partial charge is 0.268 e. The Hall–Kier alpha value is -3.93. The number of carbonyl (C=O) groups is 3. The van der Waals surface area contributed by atoms with E-state index in [1.54, 1.807) is 42.5 Å². The third-order valence-electron chi connectivity index (χ3n) is 4.90. The van der Waals surface area contributed by atoms with Crippen LogP contribution in [0.25, 0.3) is 0 Å². The van der Waals surface area contributed by atoms with E-state index in [1.807, 2.05) is 30.3 Å². The summed E-state index contributed by atoms with van der Waals surface area (Å²) in [4.78, 5) is 39.3. The minimum Gasteiger partial charge on any atom is -0.484 e. The standard InChI is InChI=1S/C24H20N2O4/c1-2-16-11-13-18(14-12-16)30-15-21(27)25-20-10-6-9-19-22(20)24(29)26(23(19)28)17-7-4-3-5-8-17/h3-14H,2,15H2,1H3,(H,25,27). The number of rotatable bonds is 6. The van der Waals surface area contributed by atoms with Crippen molar-refractivity contribution in [3.63, 3.8) is 0 Å². The van der Waals surface area contributed by atoms with Gasteiger partial charge in [0.25, 0.3) is 17.7 Å². The predicted molar refractivity (Wildman–Crippen MR) is 114 cm³/mol. The van der Waals surface area contributed by atoms with E-state index in [0.717, 1.165) is 11.3 Å². The Morgan fingerprint density at radius 2 is 1.63 bits per heavy atom. The van der Waals surface area contributed by atoms with E-state index < -0.39 is 17.7 Å². The molecule has 0 spiro atoms. The lowest BCUT2D eigenvalue weighted by Gasteiger charge is -2.14. The first-order chi connectivity index (χ1) is 14.6. The topological polar surface area (TPSA) is 75.7 Å². The summed E-state index contributed by atoms with van der Waals surface area (Å²) < 4.78 is 5.52. The van der Waals surface area contributed by atoms with E-state index >= 15 is 0 Å². The van der Waals surface area contributed by atoms with Crippen molar-refractivity contribution in [2.24, 2.45) is 0 Å². The van der Waals surface area contributed by atoms with Gasteiger partial charge in [0.1, 0.15) is 5.75 Å². The first-order valence-corrected chi connectivity index (χ1v) is 9.67. The molecular weight excluding hydrogens is 380 g/mol. The summed E-state index contributed by atoms with van der Waals surface area (Å²) in [6.07, 6.45) is 0.923. The lowest BCUT2D eigenvalue weighted by atomic mass is 10.1. The number of anilines is 2. The van der Waals surface area contributed by atoms with Gasteiger partial charge >= 0.3 is 0 Å². The quantitative estimate of drug-likeness (QED) is 0.633. The first-order valence-electron chi connectivity index (χ1n) is 9.67. The molecule has 0 fully saturated rings. The van der Waals surface area contributed by atoms with Gasteiger partial charge in [0.05, 0.1) is 22.5 Å². The summed E-state index contributed by atoms with van der Waals surface area (Å²) in [7, 11) is 0. The van der Waals surface area contributed by atoms with Crippen LogP contribution in [-0.2, 0) is 11.2 Å². The van der Waals surface area contributed by atoms with Gasteiger partial charge in [-0.3, -0.25) is 14.4 Å². The molecule has 3 aromatic carbocycles. The van der Waals surface area contributed by atoms with Gasteiger partial charge in [-0.15, -0.1) is 0 Å². The molecule has 0 saturated heterocycles. The normalized spacial score (nSPS) is 12.6. The first kappa shape index (κ1) is 19.4. The molecule has 0 aliphatic carbocycles. The van der Waals surface area contributed by atoms with Crippen LogP contribution in [0.3, 0.4) is 0 Å². The molecule has 1 heterocycles. The van der Waals surface area contributed by atoms with Crippen molar-refractivity contribution < 1.29 is 19.1 Å². The van der Waals surface area contributed by atoms with Crippen LogP contribution in [0.1, 0.15) is 33.2 Å². The van der Waals surface area contributed by atoms with Gasteiger partial charge < -0.3 is 10.1 Å². The van der Waals surface area contributed by atoms with Crippen LogP contribution in [0.5, 0.6) is 5.75 Å². The molecule has 0 unspecified atom stereocenters. The molecule has 0 saturated carbocycles. The molecule has 4 rings (SSSR count). The molecule has 0 aromatic heterocycles. The number of fused-ring (bicyclic) bond motifs is 1. The van der Waals surface area contributed by atoms with Crippen LogP contribution in [0, 0.1) is 0 Å². The second kappa shape index (κ2) is 8.21. The summed E-state index contributed by atoms with van der Waals surface area (Å²) in [5.41, 5.74) is 2.40.